The fourth-order valence-corrected chi connectivity index (χ4v) is 1.93. The second kappa shape index (κ2) is 7.36. The second-order valence-electron chi connectivity index (χ2n) is 4.09. The zero-order chi connectivity index (χ0) is 13.5. The second-order valence-corrected chi connectivity index (χ2v) is 4.52. The molecule has 0 heterocycles. The molecule has 2 radical (unpaired) electrons. The van der Waals surface area contributed by atoms with E-state index in [0.717, 1.165) is 28.4 Å². The number of nitrogens with zero attached hydrogens (tertiary/aromatic N) is 1. The van der Waals surface area contributed by atoms with Gasteiger partial charge in [-0.05, 0) is 38.8 Å². The van der Waals surface area contributed by atoms with E-state index in [9.17, 15) is 4.79 Å². The summed E-state index contributed by atoms with van der Waals surface area (Å²) in [5, 5.41) is 0. The predicted octanol–water partition coefficient (Wildman–Crippen LogP) is 2.58. The molecule has 1 atom stereocenters. The van der Waals surface area contributed by atoms with Crippen LogP contribution in [0.15, 0.2) is 35.6 Å². The van der Waals surface area contributed by atoms with Crippen LogP contribution in [-0.4, -0.2) is 24.7 Å². The monoisotopic (exact) mass is 263 g/mol. The van der Waals surface area contributed by atoms with Crippen LogP contribution in [-0.2, 0) is 9.53 Å². The van der Waals surface area contributed by atoms with Gasteiger partial charge in [-0.25, -0.2) is 0 Å². The summed E-state index contributed by atoms with van der Waals surface area (Å²) in [4.78, 5) is 11.8. The van der Waals surface area contributed by atoms with Crippen molar-refractivity contribution in [3.8, 4) is 0 Å². The number of rotatable bonds is 4. The summed E-state index contributed by atoms with van der Waals surface area (Å²) in [6.45, 7) is 4.40. The summed E-state index contributed by atoms with van der Waals surface area (Å²) >= 11 is 3.83. The first kappa shape index (κ1) is 15.0. The van der Waals surface area contributed by atoms with Gasteiger partial charge in [0.1, 0.15) is 5.76 Å². The highest BCUT2D eigenvalue weighted by atomic mass is 32.1. The van der Waals surface area contributed by atoms with Crippen LogP contribution >= 0.6 is 12.8 Å². The van der Waals surface area contributed by atoms with E-state index in [-0.39, 0.29) is 11.8 Å². The van der Waals surface area contributed by atoms with Gasteiger partial charge in [0.2, 0.25) is 13.9 Å². The molecule has 0 unspecified atom stereocenters. The number of ether oxygens (including phenoxy) is 1. The summed E-state index contributed by atoms with van der Waals surface area (Å²) in [6, 6.07) is 0. The zero-order valence-corrected chi connectivity index (χ0v) is 11.7. The minimum atomic E-state index is -0.266. The molecule has 0 aromatic heterocycles. The van der Waals surface area contributed by atoms with Crippen LogP contribution in [0.25, 0.3) is 0 Å². The number of carbonyl (C=O) groups excluding carboxylic acids is 1. The Hall–Kier alpha value is -1.10. The summed E-state index contributed by atoms with van der Waals surface area (Å²) in [6.07, 6.45) is 9.54. The lowest BCUT2D eigenvalue weighted by Gasteiger charge is -2.19. The van der Waals surface area contributed by atoms with Crippen molar-refractivity contribution < 1.29 is 9.53 Å². The molecule has 0 saturated carbocycles. The van der Waals surface area contributed by atoms with Gasteiger partial charge in [-0.3, -0.25) is 4.79 Å². The summed E-state index contributed by atoms with van der Waals surface area (Å²) in [7, 11) is 5.36. The van der Waals surface area contributed by atoms with E-state index in [1.165, 1.54) is 0 Å². The van der Waals surface area contributed by atoms with Crippen LogP contribution in [0.1, 0.15) is 26.7 Å². The third kappa shape index (κ3) is 4.29. The Morgan fingerprint density at radius 1 is 1.61 bits per heavy atom. The van der Waals surface area contributed by atoms with Gasteiger partial charge in [-0.1, -0.05) is 30.5 Å². The Balaban J connectivity index is 2.85. The lowest BCUT2D eigenvalue weighted by molar-refractivity contribution is -0.125. The third-order valence-electron chi connectivity index (χ3n) is 2.81. The van der Waals surface area contributed by atoms with Crippen molar-refractivity contribution in [2.45, 2.75) is 26.7 Å². The van der Waals surface area contributed by atoms with Gasteiger partial charge in [0.25, 0.3) is 0 Å². The fourth-order valence-electron chi connectivity index (χ4n) is 1.76. The van der Waals surface area contributed by atoms with E-state index in [1.807, 2.05) is 38.2 Å². The van der Waals surface area contributed by atoms with E-state index in [0.29, 0.717) is 6.61 Å². The highest BCUT2D eigenvalue weighted by Crippen LogP contribution is 2.22. The molecule has 96 valence electrons. The smallest absolute Gasteiger partial charge is 0.248 e. The van der Waals surface area contributed by atoms with Crippen LogP contribution in [0.5, 0.6) is 0 Å². The maximum absolute atomic E-state index is 11.8. The highest BCUT2D eigenvalue weighted by Gasteiger charge is 2.19. The van der Waals surface area contributed by atoms with Crippen LogP contribution in [0.3, 0.4) is 0 Å². The number of amides is 1. The largest absolute Gasteiger partial charge is 0.494 e. The van der Waals surface area contributed by atoms with Crippen molar-refractivity contribution in [1.29, 1.82) is 0 Å². The van der Waals surface area contributed by atoms with Crippen LogP contribution in [0, 0.1) is 5.92 Å². The molecule has 0 saturated heterocycles. The minimum Gasteiger partial charge on any atom is -0.494 e. The summed E-state index contributed by atoms with van der Waals surface area (Å²) in [5.41, 5.74) is 1.03. The normalized spacial score (nSPS) is 24.6. The number of carbonyl (C=O) groups is 1. The molecule has 0 aromatic rings. The van der Waals surface area contributed by atoms with Gasteiger partial charge in [-0.2, -0.15) is 0 Å². The molecule has 0 spiro atoms. The Morgan fingerprint density at radius 2 is 2.33 bits per heavy atom. The molecule has 1 aliphatic rings. The van der Waals surface area contributed by atoms with Gasteiger partial charge in [0, 0.05) is 0 Å². The average molecular weight is 263 g/mol. The maximum atomic E-state index is 11.8. The first-order valence-corrected chi connectivity index (χ1v) is 6.44. The molecule has 5 heteroatoms. The number of hydrogen-bond donors (Lipinski definition) is 1. The Labute approximate surface area is 116 Å². The van der Waals surface area contributed by atoms with E-state index >= 15 is 0 Å². The topological polar surface area (TPSA) is 29.5 Å². The van der Waals surface area contributed by atoms with E-state index in [4.69, 9.17) is 12.7 Å². The lowest BCUT2D eigenvalue weighted by atomic mass is 9.93. The lowest BCUT2D eigenvalue weighted by Crippen LogP contribution is -2.26. The predicted molar refractivity (Wildman–Crippen MR) is 76.9 cm³/mol. The van der Waals surface area contributed by atoms with E-state index in [2.05, 4.69) is 12.8 Å². The molecule has 0 N–H and O–H groups in total. The van der Waals surface area contributed by atoms with Crippen molar-refractivity contribution in [1.82, 2.24) is 4.22 Å². The van der Waals surface area contributed by atoms with E-state index in [1.54, 1.807) is 0 Å². The molecular formula is C13H18BNO2S. The van der Waals surface area contributed by atoms with Crippen molar-refractivity contribution in [2.24, 2.45) is 5.92 Å². The molecule has 18 heavy (non-hydrogen) atoms. The van der Waals surface area contributed by atoms with Gasteiger partial charge >= 0.3 is 0 Å². The molecule has 0 fully saturated rings. The number of allylic oxidation sites excluding steroid dienone is 4. The van der Waals surface area contributed by atoms with E-state index < -0.39 is 0 Å². The molecular weight excluding hydrogens is 245 g/mol. The maximum Gasteiger partial charge on any atom is 0.248 e. The molecule has 1 aliphatic carbocycles. The number of thiol groups is 1. The van der Waals surface area contributed by atoms with Crippen LogP contribution in [0.4, 0.5) is 0 Å². The van der Waals surface area contributed by atoms with Gasteiger partial charge in [0.05, 0.1) is 12.5 Å². The minimum absolute atomic E-state index is 0.208. The highest BCUT2D eigenvalue weighted by molar-refractivity contribution is 7.79. The van der Waals surface area contributed by atoms with Crippen LogP contribution < -0.4 is 0 Å². The van der Waals surface area contributed by atoms with Gasteiger partial charge < -0.3 is 8.95 Å². The summed E-state index contributed by atoms with van der Waals surface area (Å²) < 4.78 is 6.29. The molecule has 0 bridgehead atoms. The summed E-state index contributed by atoms with van der Waals surface area (Å²) in [5.74, 6) is 0.337. The first-order chi connectivity index (χ1) is 8.56. The SMILES string of the molecule is [B]N(S)C(=O)[C@H](C)/C1=C/C=C(OCC)\C=C/CC1. The fraction of sp³-hybridized carbons (Fsp3) is 0.462. The molecule has 0 aliphatic heterocycles. The van der Waals surface area contributed by atoms with Crippen molar-refractivity contribution >= 4 is 26.7 Å². The number of hydrogen-bond acceptors (Lipinski definition) is 3. The molecule has 1 amide bonds. The third-order valence-corrected chi connectivity index (χ3v) is 3.00. The van der Waals surface area contributed by atoms with Crippen molar-refractivity contribution in [2.75, 3.05) is 6.61 Å². The van der Waals surface area contributed by atoms with Crippen molar-refractivity contribution in [3.63, 3.8) is 0 Å². The Morgan fingerprint density at radius 3 is 2.94 bits per heavy atom. The first-order valence-electron chi connectivity index (χ1n) is 6.04. The Kier molecular flexibility index (Phi) is 6.12. The molecule has 3 nitrogen and oxygen atoms in total. The quantitative estimate of drug-likeness (QED) is 0.624. The molecule has 0 aromatic carbocycles. The standard InChI is InChI=1S/C13H18BNO2S/c1-3-17-12-7-5-4-6-11(8-9-12)10(2)13(16)15(14)18/h5,7-10,18H,3-4,6H2,1-2H3/b7-5-,11-8+,12-9+/t10-/m1/s1. The van der Waals surface area contributed by atoms with Gasteiger partial charge in [-0.15, -0.1) is 0 Å². The zero-order valence-electron chi connectivity index (χ0n) is 10.8. The average Bonchev–Trinajstić information content (AvgIpc) is 2.31. The molecule has 1 rings (SSSR count). The van der Waals surface area contributed by atoms with Gasteiger partial charge in [0.15, 0.2) is 0 Å². The van der Waals surface area contributed by atoms with Crippen molar-refractivity contribution in [3.05, 3.63) is 35.6 Å². The Bertz CT molecular complexity index is 388. The van der Waals surface area contributed by atoms with Crippen LogP contribution in [0.2, 0.25) is 0 Å².